The van der Waals surface area contributed by atoms with E-state index in [1.807, 2.05) is 0 Å². The Morgan fingerprint density at radius 3 is 2.11 bits per heavy atom. The molecule has 1 aliphatic rings. The van der Waals surface area contributed by atoms with Crippen LogP contribution in [0.15, 0.2) is 20.7 Å². The van der Waals surface area contributed by atoms with Gasteiger partial charge in [-0.2, -0.15) is 0 Å². The summed E-state index contributed by atoms with van der Waals surface area (Å²) >= 11 is 0. The molecule has 1 aliphatic heterocycles. The monoisotopic (exact) mass is 133 g/mol. The molecule has 0 radical (unpaired) electrons. The van der Waals surface area contributed by atoms with Gasteiger partial charge in [-0.1, -0.05) is 0 Å². The van der Waals surface area contributed by atoms with Crippen LogP contribution in [-0.4, -0.2) is 11.0 Å². The molecule has 0 saturated carbocycles. The maximum Gasteiger partial charge on any atom is 0.609 e. The predicted molar refractivity (Wildman–Crippen MR) is 20.5 cm³/mol. The van der Waals surface area contributed by atoms with Crippen LogP contribution in [0.5, 0.6) is 0 Å². The zero-order valence-corrected chi connectivity index (χ0v) is 3.93. The van der Waals surface area contributed by atoms with Gasteiger partial charge in [0.15, 0.2) is 0 Å². The molecule has 0 fully saturated rings. The first-order valence-electron chi connectivity index (χ1n) is 1.82. The fourth-order valence-electron chi connectivity index (χ4n) is 0.247. The van der Waals surface area contributed by atoms with Crippen molar-refractivity contribution in [2.24, 2.45) is 20.7 Å². The summed E-state index contributed by atoms with van der Waals surface area (Å²) in [5.74, 6) is 0. The van der Waals surface area contributed by atoms with Crippen molar-refractivity contribution >= 4 is 0 Å². The highest BCUT2D eigenvalue weighted by molar-refractivity contribution is 4.55. The summed E-state index contributed by atoms with van der Waals surface area (Å²) in [6, 6.07) is -3.17. The van der Waals surface area contributed by atoms with Crippen LogP contribution >= 0.6 is 0 Å². The van der Waals surface area contributed by atoms with Crippen molar-refractivity contribution in [2.45, 2.75) is 6.04 Å². The molecule has 48 valence electrons. The lowest BCUT2D eigenvalue weighted by atomic mass is 10.9. The molecule has 0 atom stereocenters. The molecular formula is CFN5O2. The van der Waals surface area contributed by atoms with E-state index in [9.17, 15) is 14.5 Å². The Morgan fingerprint density at radius 1 is 1.44 bits per heavy atom. The average molecular weight is 133 g/mol. The van der Waals surface area contributed by atoms with Crippen LogP contribution in [0.1, 0.15) is 0 Å². The highest BCUT2D eigenvalue weighted by atomic mass is 19.2. The molecule has 0 spiro atoms. The van der Waals surface area contributed by atoms with Crippen molar-refractivity contribution in [3.8, 4) is 0 Å². The van der Waals surface area contributed by atoms with Crippen molar-refractivity contribution < 1.29 is 9.31 Å². The lowest BCUT2D eigenvalue weighted by Crippen LogP contribution is -2.25. The van der Waals surface area contributed by atoms with Crippen molar-refractivity contribution in [1.82, 2.24) is 0 Å². The van der Waals surface area contributed by atoms with E-state index in [2.05, 4.69) is 20.7 Å². The molecule has 0 N–H and O–H groups in total. The van der Waals surface area contributed by atoms with Gasteiger partial charge in [0.05, 0.1) is 0 Å². The summed E-state index contributed by atoms with van der Waals surface area (Å²) in [7, 11) is 0. The van der Waals surface area contributed by atoms with Crippen LogP contribution in [0.3, 0.4) is 0 Å². The van der Waals surface area contributed by atoms with E-state index in [1.54, 1.807) is 0 Å². The molecule has 0 aromatic heterocycles. The topological polar surface area (TPSA) is 92.6 Å². The highest BCUT2D eigenvalue weighted by Gasteiger charge is 2.48. The molecule has 0 aromatic carbocycles. The van der Waals surface area contributed by atoms with Gasteiger partial charge in [0.25, 0.3) is 0 Å². The quantitative estimate of drug-likeness (QED) is 0.298. The Bertz CT molecular complexity index is 185. The third-order valence-corrected chi connectivity index (χ3v) is 0.616. The minimum Gasteiger partial charge on any atom is -0.258 e. The highest BCUT2D eigenvalue weighted by Crippen LogP contribution is 2.21. The number of rotatable bonds is 1. The molecule has 0 unspecified atom stereocenters. The fourth-order valence-corrected chi connectivity index (χ4v) is 0.247. The number of nitro groups is 1. The molecular weight excluding hydrogens is 133 g/mol. The first-order valence-corrected chi connectivity index (χ1v) is 1.82. The number of nitrogens with zero attached hydrogens (tertiary/aromatic N) is 5. The third kappa shape index (κ3) is 0.732. The molecule has 9 heavy (non-hydrogen) atoms. The molecule has 0 aliphatic carbocycles. The largest absolute Gasteiger partial charge is 0.609 e. The second kappa shape index (κ2) is 1.50. The zero-order chi connectivity index (χ0) is 6.91. The lowest BCUT2D eigenvalue weighted by molar-refractivity contribution is -0.602. The number of alkyl halides is 1. The molecule has 1 rings (SSSR count). The molecule has 0 amide bonds. The molecule has 8 heteroatoms. The minimum atomic E-state index is -3.17. The number of hydrogen-bond donors (Lipinski definition) is 0. The van der Waals surface area contributed by atoms with E-state index in [1.165, 1.54) is 0 Å². The van der Waals surface area contributed by atoms with E-state index in [0.717, 1.165) is 0 Å². The molecule has 1 heterocycles. The summed E-state index contributed by atoms with van der Waals surface area (Å²) in [4.78, 5) is 8.32. The molecule has 0 bridgehead atoms. The lowest BCUT2D eigenvalue weighted by Gasteiger charge is -1.94. The molecule has 0 saturated heterocycles. The van der Waals surface area contributed by atoms with Gasteiger partial charge in [0.1, 0.15) is 4.92 Å². The van der Waals surface area contributed by atoms with Crippen LogP contribution in [-0.2, 0) is 0 Å². The summed E-state index contributed by atoms with van der Waals surface area (Å²) < 4.78 is 12.2. The van der Waals surface area contributed by atoms with E-state index in [0.29, 0.717) is 0 Å². The normalized spacial score (nSPS) is 20.6. The maximum absolute atomic E-state index is 12.2. The van der Waals surface area contributed by atoms with Crippen molar-refractivity contribution in [2.75, 3.05) is 0 Å². The SMILES string of the molecule is O=[N+]([O-])C1(F)N=NN=N1. The Balaban J connectivity index is 2.88. The maximum atomic E-state index is 12.2. The Hall–Kier alpha value is -1.47. The van der Waals surface area contributed by atoms with Gasteiger partial charge < -0.3 is 0 Å². The van der Waals surface area contributed by atoms with Gasteiger partial charge in [0.2, 0.25) is 0 Å². The summed E-state index contributed by atoms with van der Waals surface area (Å²) in [6.45, 7) is 0. The van der Waals surface area contributed by atoms with Gasteiger partial charge >= 0.3 is 6.04 Å². The summed E-state index contributed by atoms with van der Waals surface area (Å²) in [6.07, 6.45) is 0. The fraction of sp³-hybridized carbons (Fsp3) is 1.00. The number of hydrogen-bond acceptors (Lipinski definition) is 6. The van der Waals surface area contributed by atoms with Crippen molar-refractivity contribution in [3.63, 3.8) is 0 Å². The van der Waals surface area contributed by atoms with Crippen molar-refractivity contribution in [3.05, 3.63) is 10.1 Å². The second-order valence-corrected chi connectivity index (χ2v) is 1.19. The Labute approximate surface area is 47.4 Å². The van der Waals surface area contributed by atoms with Gasteiger partial charge in [-0.3, -0.25) is 10.1 Å². The summed E-state index contributed by atoms with van der Waals surface area (Å²) in [5.41, 5.74) is 0. The van der Waals surface area contributed by atoms with Crippen LogP contribution in [0.4, 0.5) is 4.39 Å². The number of halogens is 1. The van der Waals surface area contributed by atoms with Gasteiger partial charge in [-0.05, 0) is 20.7 Å². The van der Waals surface area contributed by atoms with E-state index < -0.39 is 11.0 Å². The van der Waals surface area contributed by atoms with Gasteiger partial charge in [-0.25, -0.2) is 0 Å². The van der Waals surface area contributed by atoms with Gasteiger partial charge in [-0.15, -0.1) is 4.39 Å². The smallest absolute Gasteiger partial charge is 0.258 e. The van der Waals surface area contributed by atoms with E-state index in [-0.39, 0.29) is 0 Å². The predicted octanol–water partition coefficient (Wildman–Crippen LogP) is 0.677. The third-order valence-electron chi connectivity index (χ3n) is 0.616. The Kier molecular flexibility index (Phi) is 0.945. The van der Waals surface area contributed by atoms with Crippen LogP contribution in [0, 0.1) is 10.1 Å². The first-order chi connectivity index (χ1) is 4.15. The van der Waals surface area contributed by atoms with Gasteiger partial charge in [0, 0.05) is 0 Å². The standard InChI is InChI=1S/CFN5O2/c2-1(7(8)9)3-5-6-4-1. The average Bonchev–Trinajstić information content (AvgIpc) is 2.16. The first kappa shape index (κ1) is 5.66. The van der Waals surface area contributed by atoms with Crippen LogP contribution in [0.25, 0.3) is 0 Å². The summed E-state index contributed by atoms with van der Waals surface area (Å²) in [5, 5.41) is 19.9. The Morgan fingerprint density at radius 2 is 1.89 bits per heavy atom. The van der Waals surface area contributed by atoms with Crippen LogP contribution in [0.2, 0.25) is 0 Å². The van der Waals surface area contributed by atoms with Crippen LogP contribution < -0.4 is 0 Å². The minimum absolute atomic E-state index is 1.33. The molecule has 7 nitrogen and oxygen atoms in total. The molecule has 0 aromatic rings. The van der Waals surface area contributed by atoms with E-state index >= 15 is 0 Å². The zero-order valence-electron chi connectivity index (χ0n) is 3.93. The van der Waals surface area contributed by atoms with E-state index in [4.69, 9.17) is 0 Å². The van der Waals surface area contributed by atoms with Crippen molar-refractivity contribution in [1.29, 1.82) is 0 Å². The second-order valence-electron chi connectivity index (χ2n) is 1.19.